The monoisotopic (exact) mass is 488 g/mol. The van der Waals surface area contributed by atoms with Crippen LogP contribution in [0.2, 0.25) is 0 Å². The third kappa shape index (κ3) is 4.38. The van der Waals surface area contributed by atoms with E-state index >= 15 is 0 Å². The first-order valence-electron chi connectivity index (χ1n) is 12.8. The molecule has 2 aliphatic carbocycles. The first kappa shape index (κ1) is 24.1. The standard InChI is InChI=1S/C29H32N2O5/c1-3-35-28(34)31(24-7-5-4-6-8-24)25-19(2)30-36-26(25)22-11-9-20(10-12-22)21-13-15-23(16-14-21)29(17-18-29)27(32)33/h9-16,24H,3-8,17-18H2,1-2H3,(H,32,33). The van der Waals surface area contributed by atoms with Crippen LogP contribution in [-0.2, 0) is 14.9 Å². The zero-order chi connectivity index (χ0) is 25.3. The molecule has 36 heavy (non-hydrogen) atoms. The zero-order valence-corrected chi connectivity index (χ0v) is 20.8. The average molecular weight is 489 g/mol. The van der Waals surface area contributed by atoms with Crippen LogP contribution in [0.25, 0.3) is 22.5 Å². The number of hydrogen-bond donors (Lipinski definition) is 1. The van der Waals surface area contributed by atoms with Gasteiger partial charge < -0.3 is 14.4 Å². The Bertz CT molecular complexity index is 1240. The molecule has 188 valence electrons. The Morgan fingerprint density at radius 3 is 2.14 bits per heavy atom. The highest BCUT2D eigenvalue weighted by Gasteiger charge is 2.51. The molecular weight excluding hydrogens is 456 g/mol. The molecule has 2 aromatic carbocycles. The van der Waals surface area contributed by atoms with Crippen LogP contribution < -0.4 is 4.90 Å². The van der Waals surface area contributed by atoms with Crippen molar-refractivity contribution in [1.82, 2.24) is 5.16 Å². The number of carboxylic acid groups (broad SMARTS) is 1. The molecule has 2 aliphatic rings. The molecule has 1 amide bonds. The summed E-state index contributed by atoms with van der Waals surface area (Å²) in [7, 11) is 0. The molecule has 1 heterocycles. The van der Waals surface area contributed by atoms with Crippen LogP contribution in [0, 0.1) is 6.92 Å². The van der Waals surface area contributed by atoms with E-state index in [0.29, 0.717) is 36.6 Å². The Morgan fingerprint density at radius 1 is 1.00 bits per heavy atom. The number of amides is 1. The quantitative estimate of drug-likeness (QED) is 0.396. The van der Waals surface area contributed by atoms with Gasteiger partial charge >= 0.3 is 12.1 Å². The summed E-state index contributed by atoms with van der Waals surface area (Å²) in [5.74, 6) is -0.187. The molecule has 3 aromatic rings. The molecule has 7 nitrogen and oxygen atoms in total. The molecule has 1 N–H and O–H groups in total. The molecule has 0 unspecified atom stereocenters. The second-order valence-electron chi connectivity index (χ2n) is 9.85. The van der Waals surface area contributed by atoms with E-state index in [1.165, 1.54) is 6.42 Å². The summed E-state index contributed by atoms with van der Waals surface area (Å²) in [5.41, 5.74) is 4.36. The van der Waals surface area contributed by atoms with Gasteiger partial charge in [-0.3, -0.25) is 9.69 Å². The van der Waals surface area contributed by atoms with Crippen LogP contribution in [-0.4, -0.2) is 35.0 Å². The summed E-state index contributed by atoms with van der Waals surface area (Å²) in [6, 6.07) is 15.8. The number of nitrogens with zero attached hydrogens (tertiary/aromatic N) is 2. The van der Waals surface area contributed by atoms with Crippen LogP contribution in [0.3, 0.4) is 0 Å². The second-order valence-corrected chi connectivity index (χ2v) is 9.85. The van der Waals surface area contributed by atoms with Crippen molar-refractivity contribution in [2.24, 2.45) is 0 Å². The van der Waals surface area contributed by atoms with E-state index in [1.807, 2.05) is 62.4 Å². The van der Waals surface area contributed by atoms with Gasteiger partial charge in [0.05, 0.1) is 12.0 Å². The van der Waals surface area contributed by atoms with Gasteiger partial charge in [-0.25, -0.2) is 4.79 Å². The summed E-state index contributed by atoms with van der Waals surface area (Å²) in [5, 5.41) is 13.8. The predicted molar refractivity (Wildman–Crippen MR) is 137 cm³/mol. The molecule has 5 rings (SSSR count). The maximum Gasteiger partial charge on any atom is 0.414 e. The number of carboxylic acids is 1. The van der Waals surface area contributed by atoms with Crippen molar-refractivity contribution >= 4 is 17.7 Å². The summed E-state index contributed by atoms with van der Waals surface area (Å²) in [6.07, 6.45) is 6.24. The molecular formula is C29H32N2O5. The van der Waals surface area contributed by atoms with Gasteiger partial charge in [0.25, 0.3) is 0 Å². The van der Waals surface area contributed by atoms with Crippen molar-refractivity contribution in [3.05, 3.63) is 59.8 Å². The van der Waals surface area contributed by atoms with E-state index in [9.17, 15) is 14.7 Å². The first-order valence-corrected chi connectivity index (χ1v) is 12.8. The van der Waals surface area contributed by atoms with Crippen LogP contribution in [0.1, 0.15) is 63.1 Å². The summed E-state index contributed by atoms with van der Waals surface area (Å²) >= 11 is 0. The van der Waals surface area contributed by atoms with Crippen molar-refractivity contribution in [2.45, 2.75) is 70.3 Å². The Hall–Kier alpha value is -3.61. The third-order valence-electron chi connectivity index (χ3n) is 7.55. The fraction of sp³-hybridized carbons (Fsp3) is 0.414. The van der Waals surface area contributed by atoms with Gasteiger partial charge in [-0.15, -0.1) is 0 Å². The van der Waals surface area contributed by atoms with E-state index in [2.05, 4.69) is 5.16 Å². The van der Waals surface area contributed by atoms with Crippen LogP contribution in [0.5, 0.6) is 0 Å². The van der Waals surface area contributed by atoms with Crippen molar-refractivity contribution < 1.29 is 24.0 Å². The van der Waals surface area contributed by atoms with Crippen LogP contribution >= 0.6 is 0 Å². The van der Waals surface area contributed by atoms with Gasteiger partial charge in [-0.1, -0.05) is 73.0 Å². The molecule has 0 atom stereocenters. The number of ether oxygens (including phenoxy) is 1. The van der Waals surface area contributed by atoms with Gasteiger partial charge in [0.15, 0.2) is 5.76 Å². The van der Waals surface area contributed by atoms with E-state index in [-0.39, 0.29) is 12.1 Å². The molecule has 0 aliphatic heterocycles. The minimum absolute atomic E-state index is 0.0630. The normalized spacial score (nSPS) is 16.9. The Balaban J connectivity index is 1.43. The number of aliphatic carboxylic acids is 1. The Labute approximate surface area is 211 Å². The van der Waals surface area contributed by atoms with Crippen molar-refractivity contribution in [1.29, 1.82) is 0 Å². The van der Waals surface area contributed by atoms with E-state index in [1.54, 1.807) is 4.90 Å². The first-order chi connectivity index (χ1) is 17.4. The van der Waals surface area contributed by atoms with Gasteiger partial charge in [-0.2, -0.15) is 0 Å². The highest BCUT2D eigenvalue weighted by molar-refractivity contribution is 5.94. The van der Waals surface area contributed by atoms with Gasteiger partial charge in [-0.05, 0) is 56.2 Å². The van der Waals surface area contributed by atoms with Crippen molar-refractivity contribution in [2.75, 3.05) is 11.5 Å². The van der Waals surface area contributed by atoms with Gasteiger partial charge in [0.1, 0.15) is 11.4 Å². The maximum atomic E-state index is 13.1. The molecule has 0 spiro atoms. The summed E-state index contributed by atoms with van der Waals surface area (Å²) < 4.78 is 11.2. The third-order valence-corrected chi connectivity index (χ3v) is 7.55. The lowest BCUT2D eigenvalue weighted by atomic mass is 9.93. The fourth-order valence-corrected chi connectivity index (χ4v) is 5.34. The van der Waals surface area contributed by atoms with Crippen molar-refractivity contribution in [3.8, 4) is 22.5 Å². The van der Waals surface area contributed by atoms with E-state index in [0.717, 1.165) is 47.9 Å². The zero-order valence-electron chi connectivity index (χ0n) is 20.8. The topological polar surface area (TPSA) is 92.9 Å². The summed E-state index contributed by atoms with van der Waals surface area (Å²) in [6.45, 7) is 3.98. The largest absolute Gasteiger partial charge is 0.481 e. The Kier molecular flexibility index (Phi) is 6.56. The lowest BCUT2D eigenvalue weighted by Crippen LogP contribution is -2.42. The minimum atomic E-state index is -0.747. The predicted octanol–water partition coefficient (Wildman–Crippen LogP) is 6.73. The lowest BCUT2D eigenvalue weighted by molar-refractivity contribution is -0.140. The maximum absolute atomic E-state index is 13.1. The lowest BCUT2D eigenvalue weighted by Gasteiger charge is -2.33. The molecule has 1 aromatic heterocycles. The Morgan fingerprint density at radius 2 is 1.58 bits per heavy atom. The fourth-order valence-electron chi connectivity index (χ4n) is 5.34. The van der Waals surface area contributed by atoms with Crippen LogP contribution in [0.4, 0.5) is 10.5 Å². The number of rotatable bonds is 7. The number of aromatic nitrogens is 1. The molecule has 0 bridgehead atoms. The van der Waals surface area contributed by atoms with Gasteiger partial charge in [0, 0.05) is 11.6 Å². The van der Waals surface area contributed by atoms with E-state index < -0.39 is 11.4 Å². The van der Waals surface area contributed by atoms with E-state index in [4.69, 9.17) is 9.26 Å². The number of carbonyl (C=O) groups is 2. The molecule has 2 fully saturated rings. The number of aryl methyl sites for hydroxylation is 1. The second kappa shape index (κ2) is 9.80. The smallest absolute Gasteiger partial charge is 0.414 e. The highest BCUT2D eigenvalue weighted by Crippen LogP contribution is 2.48. The number of carbonyl (C=O) groups excluding carboxylic acids is 1. The molecule has 2 saturated carbocycles. The van der Waals surface area contributed by atoms with Gasteiger partial charge in [0.2, 0.25) is 0 Å². The van der Waals surface area contributed by atoms with Crippen molar-refractivity contribution in [3.63, 3.8) is 0 Å². The number of anilines is 1. The molecule has 0 radical (unpaired) electrons. The highest BCUT2D eigenvalue weighted by atomic mass is 16.6. The minimum Gasteiger partial charge on any atom is -0.481 e. The molecule has 0 saturated heterocycles. The number of benzene rings is 2. The average Bonchev–Trinajstić information content (AvgIpc) is 3.64. The number of hydrogen-bond acceptors (Lipinski definition) is 5. The summed E-state index contributed by atoms with van der Waals surface area (Å²) in [4.78, 5) is 26.4. The van der Waals surface area contributed by atoms with Crippen LogP contribution in [0.15, 0.2) is 53.1 Å². The SMILES string of the molecule is CCOC(=O)N(c1c(C)noc1-c1ccc(-c2ccc(C3(C(=O)O)CC3)cc2)cc1)C1CCCCC1. The molecule has 7 heteroatoms.